The molecule has 1 aromatic carbocycles. The summed E-state index contributed by atoms with van der Waals surface area (Å²) in [5.74, 6) is 1.58. The minimum absolute atomic E-state index is 0.711. The Bertz CT molecular complexity index is 773. The van der Waals surface area contributed by atoms with Gasteiger partial charge in [-0.1, -0.05) is 35.0 Å². The summed E-state index contributed by atoms with van der Waals surface area (Å²) < 4.78 is 1.05. The molecule has 0 aliphatic rings. The number of aryl methyl sites for hydroxylation is 1. The van der Waals surface area contributed by atoms with Crippen LogP contribution in [-0.4, -0.2) is 15.0 Å². The van der Waals surface area contributed by atoms with E-state index >= 15 is 0 Å². The van der Waals surface area contributed by atoms with Crippen LogP contribution in [0.2, 0.25) is 0 Å². The Labute approximate surface area is 144 Å². The van der Waals surface area contributed by atoms with E-state index in [1.54, 1.807) is 12.4 Å². The van der Waals surface area contributed by atoms with E-state index in [1.807, 2.05) is 42.5 Å². The number of benzene rings is 1. The molecule has 4 nitrogen and oxygen atoms in total. The van der Waals surface area contributed by atoms with Gasteiger partial charge in [-0.05, 0) is 36.2 Å². The number of anilines is 1. The summed E-state index contributed by atoms with van der Waals surface area (Å²) in [6.45, 7) is 2.81. The number of nitrogens with zero attached hydrogens (tertiary/aromatic N) is 3. The molecule has 0 amide bonds. The molecule has 3 rings (SSSR count). The lowest BCUT2D eigenvalue weighted by molar-refractivity contribution is 0.992. The Morgan fingerprint density at radius 3 is 2.43 bits per heavy atom. The van der Waals surface area contributed by atoms with Gasteiger partial charge in [-0.15, -0.1) is 0 Å². The summed E-state index contributed by atoms with van der Waals surface area (Å²) >= 11 is 3.45. The van der Waals surface area contributed by atoms with Crippen LogP contribution >= 0.6 is 15.9 Å². The van der Waals surface area contributed by atoms with Crippen LogP contribution in [0, 0.1) is 0 Å². The molecule has 0 fully saturated rings. The third-order valence-electron chi connectivity index (χ3n) is 3.47. The van der Waals surface area contributed by atoms with Crippen LogP contribution in [0.3, 0.4) is 0 Å². The normalized spacial score (nSPS) is 10.5. The standard InChI is InChI=1S/C18H17BrN4/c1-2-16-11-17(21-12-13-7-9-20-10-8-13)23-18(22-16)14-3-5-15(19)6-4-14/h3-11H,2,12H2,1H3,(H,21,22,23). The van der Waals surface area contributed by atoms with Crippen LogP contribution < -0.4 is 5.32 Å². The van der Waals surface area contributed by atoms with Crippen molar-refractivity contribution in [1.29, 1.82) is 0 Å². The first kappa shape index (κ1) is 15.6. The largest absolute Gasteiger partial charge is 0.366 e. The molecule has 0 radical (unpaired) electrons. The summed E-state index contributed by atoms with van der Waals surface area (Å²) in [5.41, 5.74) is 3.20. The van der Waals surface area contributed by atoms with Crippen LogP contribution in [-0.2, 0) is 13.0 Å². The van der Waals surface area contributed by atoms with Gasteiger partial charge < -0.3 is 5.32 Å². The molecule has 2 heterocycles. The van der Waals surface area contributed by atoms with Gasteiger partial charge in [0.05, 0.1) is 0 Å². The lowest BCUT2D eigenvalue weighted by Gasteiger charge is -2.10. The van der Waals surface area contributed by atoms with E-state index in [0.717, 1.165) is 33.8 Å². The molecule has 116 valence electrons. The maximum Gasteiger partial charge on any atom is 0.161 e. The van der Waals surface area contributed by atoms with Gasteiger partial charge >= 0.3 is 0 Å². The average molecular weight is 369 g/mol. The number of hydrogen-bond acceptors (Lipinski definition) is 4. The fourth-order valence-corrected chi connectivity index (χ4v) is 2.45. The zero-order valence-electron chi connectivity index (χ0n) is 12.8. The summed E-state index contributed by atoms with van der Waals surface area (Å²) in [6, 6.07) is 14.0. The first-order valence-electron chi connectivity index (χ1n) is 7.51. The SMILES string of the molecule is CCc1cc(NCc2ccncc2)nc(-c2ccc(Br)cc2)n1. The third kappa shape index (κ3) is 4.13. The van der Waals surface area contributed by atoms with E-state index < -0.39 is 0 Å². The van der Waals surface area contributed by atoms with Crippen molar-refractivity contribution in [1.82, 2.24) is 15.0 Å². The fraction of sp³-hybridized carbons (Fsp3) is 0.167. The van der Waals surface area contributed by atoms with Crippen molar-refractivity contribution in [3.63, 3.8) is 0 Å². The number of halogens is 1. The molecule has 2 aromatic heterocycles. The first-order valence-corrected chi connectivity index (χ1v) is 8.30. The monoisotopic (exact) mass is 368 g/mol. The van der Waals surface area contributed by atoms with Crippen molar-refractivity contribution in [2.24, 2.45) is 0 Å². The minimum atomic E-state index is 0.711. The quantitative estimate of drug-likeness (QED) is 0.721. The van der Waals surface area contributed by atoms with E-state index in [9.17, 15) is 0 Å². The molecule has 1 N–H and O–H groups in total. The maximum absolute atomic E-state index is 4.64. The van der Waals surface area contributed by atoms with Gasteiger partial charge in [-0.25, -0.2) is 9.97 Å². The van der Waals surface area contributed by atoms with Crippen LogP contribution in [0.25, 0.3) is 11.4 Å². The number of nitrogens with one attached hydrogen (secondary N) is 1. The molecule has 0 unspecified atom stereocenters. The highest BCUT2D eigenvalue weighted by Gasteiger charge is 2.06. The molecule has 0 bridgehead atoms. The summed E-state index contributed by atoms with van der Waals surface area (Å²) in [7, 11) is 0. The molecule has 5 heteroatoms. The molecular formula is C18H17BrN4. The van der Waals surface area contributed by atoms with Gasteiger partial charge in [-0.3, -0.25) is 4.98 Å². The van der Waals surface area contributed by atoms with Crippen molar-refractivity contribution in [2.75, 3.05) is 5.32 Å². The van der Waals surface area contributed by atoms with Crippen molar-refractivity contribution in [3.05, 3.63) is 70.6 Å². The van der Waals surface area contributed by atoms with E-state index in [0.29, 0.717) is 6.54 Å². The number of aromatic nitrogens is 3. The van der Waals surface area contributed by atoms with Gasteiger partial charge in [0.25, 0.3) is 0 Å². The average Bonchev–Trinajstić information content (AvgIpc) is 2.61. The Balaban J connectivity index is 1.85. The summed E-state index contributed by atoms with van der Waals surface area (Å²) in [6.07, 6.45) is 4.46. The van der Waals surface area contributed by atoms with Crippen molar-refractivity contribution in [2.45, 2.75) is 19.9 Å². The molecule has 0 spiro atoms. The highest BCUT2D eigenvalue weighted by Crippen LogP contribution is 2.21. The molecule has 0 aliphatic heterocycles. The topological polar surface area (TPSA) is 50.7 Å². The number of pyridine rings is 1. The second kappa shape index (κ2) is 7.33. The predicted molar refractivity (Wildman–Crippen MR) is 96.1 cm³/mol. The lowest BCUT2D eigenvalue weighted by Crippen LogP contribution is -2.05. The Morgan fingerprint density at radius 1 is 1.00 bits per heavy atom. The molecule has 23 heavy (non-hydrogen) atoms. The summed E-state index contributed by atoms with van der Waals surface area (Å²) in [5, 5.41) is 3.37. The Morgan fingerprint density at radius 2 is 1.74 bits per heavy atom. The van der Waals surface area contributed by atoms with Crippen LogP contribution in [0.4, 0.5) is 5.82 Å². The number of hydrogen-bond donors (Lipinski definition) is 1. The minimum Gasteiger partial charge on any atom is -0.366 e. The Hall–Kier alpha value is -2.27. The molecule has 0 atom stereocenters. The highest BCUT2D eigenvalue weighted by molar-refractivity contribution is 9.10. The van der Waals surface area contributed by atoms with Crippen molar-refractivity contribution in [3.8, 4) is 11.4 Å². The molecule has 0 saturated heterocycles. The second-order valence-electron chi connectivity index (χ2n) is 5.14. The molecular weight excluding hydrogens is 352 g/mol. The van der Waals surface area contributed by atoms with Gasteiger partial charge in [-0.2, -0.15) is 0 Å². The zero-order valence-corrected chi connectivity index (χ0v) is 14.4. The van der Waals surface area contributed by atoms with E-state index in [-0.39, 0.29) is 0 Å². The van der Waals surface area contributed by atoms with E-state index in [1.165, 1.54) is 5.56 Å². The summed E-state index contributed by atoms with van der Waals surface area (Å²) in [4.78, 5) is 13.3. The molecule has 0 saturated carbocycles. The second-order valence-corrected chi connectivity index (χ2v) is 6.05. The Kier molecular flexibility index (Phi) is 4.98. The lowest BCUT2D eigenvalue weighted by atomic mass is 10.2. The van der Waals surface area contributed by atoms with Gasteiger partial charge in [0, 0.05) is 40.7 Å². The highest BCUT2D eigenvalue weighted by atomic mass is 79.9. The molecule has 0 aliphatic carbocycles. The maximum atomic E-state index is 4.64. The van der Waals surface area contributed by atoms with Crippen LogP contribution in [0.1, 0.15) is 18.2 Å². The number of rotatable bonds is 5. The van der Waals surface area contributed by atoms with Crippen LogP contribution in [0.5, 0.6) is 0 Å². The van der Waals surface area contributed by atoms with Crippen molar-refractivity contribution >= 4 is 21.7 Å². The smallest absolute Gasteiger partial charge is 0.161 e. The molecule has 3 aromatic rings. The third-order valence-corrected chi connectivity index (χ3v) is 4.00. The van der Waals surface area contributed by atoms with Crippen molar-refractivity contribution < 1.29 is 0 Å². The van der Waals surface area contributed by atoms with E-state index in [2.05, 4.69) is 43.1 Å². The van der Waals surface area contributed by atoms with Gasteiger partial charge in [0.15, 0.2) is 5.82 Å². The van der Waals surface area contributed by atoms with E-state index in [4.69, 9.17) is 0 Å². The first-order chi connectivity index (χ1) is 11.2. The zero-order chi connectivity index (χ0) is 16.1. The predicted octanol–water partition coefficient (Wildman–Crippen LogP) is 4.48. The van der Waals surface area contributed by atoms with Gasteiger partial charge in [0.1, 0.15) is 5.82 Å². The van der Waals surface area contributed by atoms with Gasteiger partial charge in [0.2, 0.25) is 0 Å². The van der Waals surface area contributed by atoms with Crippen LogP contribution in [0.15, 0.2) is 59.3 Å². The fourth-order valence-electron chi connectivity index (χ4n) is 2.19.